The molecule has 0 amide bonds. The Morgan fingerprint density at radius 1 is 0.684 bits per heavy atom. The molecular formula is C17H34N2+2. The molecule has 110 valence electrons. The maximum Gasteiger partial charge on any atom is 0.128 e. The Hall–Kier alpha value is -0.0800. The van der Waals surface area contributed by atoms with Gasteiger partial charge in [-0.05, 0) is 43.9 Å². The fraction of sp³-hybridized carbons (Fsp3) is 1.00. The molecule has 0 aliphatic heterocycles. The molecule has 4 aliphatic carbocycles. The average Bonchev–Trinajstić information content (AvgIpc) is 2.23. The summed E-state index contributed by atoms with van der Waals surface area (Å²) in [6.45, 7) is 2.65. The summed E-state index contributed by atoms with van der Waals surface area (Å²) in [4.78, 5) is 0. The van der Waals surface area contributed by atoms with Crippen LogP contribution in [0.3, 0.4) is 0 Å². The van der Waals surface area contributed by atoms with Gasteiger partial charge >= 0.3 is 0 Å². The lowest BCUT2D eigenvalue weighted by molar-refractivity contribution is -0.958. The van der Waals surface area contributed by atoms with Gasteiger partial charge < -0.3 is 8.97 Å². The third kappa shape index (κ3) is 2.71. The van der Waals surface area contributed by atoms with Gasteiger partial charge in [0.05, 0.1) is 41.3 Å². The van der Waals surface area contributed by atoms with Gasteiger partial charge in [0, 0.05) is 11.8 Å². The molecule has 0 unspecified atom stereocenters. The molecule has 2 nitrogen and oxygen atoms in total. The maximum atomic E-state index is 2.52. The fourth-order valence-electron chi connectivity index (χ4n) is 5.74. The minimum atomic E-state index is 0.972. The van der Waals surface area contributed by atoms with Gasteiger partial charge in [0.2, 0.25) is 0 Å². The molecule has 0 aromatic heterocycles. The van der Waals surface area contributed by atoms with Crippen molar-refractivity contribution in [1.82, 2.24) is 0 Å². The van der Waals surface area contributed by atoms with Gasteiger partial charge in [-0.1, -0.05) is 0 Å². The van der Waals surface area contributed by atoms with Crippen LogP contribution in [0.1, 0.15) is 32.1 Å². The fourth-order valence-corrected chi connectivity index (χ4v) is 5.74. The second kappa shape index (κ2) is 4.46. The van der Waals surface area contributed by atoms with Gasteiger partial charge in [-0.15, -0.1) is 0 Å². The smallest absolute Gasteiger partial charge is 0.128 e. The molecule has 2 heteroatoms. The minimum absolute atomic E-state index is 0.972. The number of hydrogen-bond acceptors (Lipinski definition) is 0. The second-order valence-corrected chi connectivity index (χ2v) is 9.44. The zero-order valence-electron chi connectivity index (χ0n) is 13.7. The van der Waals surface area contributed by atoms with E-state index >= 15 is 0 Å². The van der Waals surface area contributed by atoms with Crippen molar-refractivity contribution < 1.29 is 8.97 Å². The van der Waals surface area contributed by atoms with Crippen molar-refractivity contribution in [2.45, 2.75) is 38.1 Å². The first-order chi connectivity index (χ1) is 8.74. The van der Waals surface area contributed by atoms with Crippen molar-refractivity contribution in [1.29, 1.82) is 0 Å². The highest BCUT2D eigenvalue weighted by Crippen LogP contribution is 2.55. The molecule has 0 aromatic carbocycles. The molecule has 0 saturated heterocycles. The normalized spacial score (nSPS) is 41.8. The van der Waals surface area contributed by atoms with Crippen molar-refractivity contribution in [2.75, 3.05) is 48.3 Å². The summed E-state index contributed by atoms with van der Waals surface area (Å²) < 4.78 is 2.39. The predicted octanol–water partition coefficient (Wildman–Crippen LogP) is 2.59. The summed E-state index contributed by atoms with van der Waals surface area (Å²) in [5.74, 6) is 4.33. The summed E-state index contributed by atoms with van der Waals surface area (Å²) in [7, 11) is 12.0. The molecule has 0 atom stereocenters. The molecule has 19 heavy (non-hydrogen) atoms. The van der Waals surface area contributed by atoms with E-state index in [2.05, 4.69) is 35.2 Å². The Labute approximate surface area is 120 Å². The topological polar surface area (TPSA) is 0 Å². The zero-order chi connectivity index (χ0) is 13.8. The Kier molecular flexibility index (Phi) is 3.26. The van der Waals surface area contributed by atoms with E-state index < -0.39 is 0 Å². The number of nitrogens with zero attached hydrogens (tertiary/aromatic N) is 2. The number of likely N-dealkylation sites (N-methyl/N-ethyl adjacent to an activating group) is 2. The summed E-state index contributed by atoms with van der Waals surface area (Å²) in [6, 6.07) is 0.972. The van der Waals surface area contributed by atoms with Gasteiger partial charge in [0.1, 0.15) is 13.1 Å². The van der Waals surface area contributed by atoms with Gasteiger partial charge in [-0.3, -0.25) is 0 Å². The van der Waals surface area contributed by atoms with Crippen molar-refractivity contribution in [3.05, 3.63) is 0 Å². The van der Waals surface area contributed by atoms with E-state index in [1.54, 1.807) is 32.1 Å². The zero-order valence-corrected chi connectivity index (χ0v) is 13.7. The van der Waals surface area contributed by atoms with Crippen LogP contribution in [0, 0.1) is 23.7 Å². The second-order valence-electron chi connectivity index (χ2n) is 9.44. The van der Waals surface area contributed by atoms with Crippen molar-refractivity contribution in [3.63, 3.8) is 0 Å². The summed E-state index contributed by atoms with van der Waals surface area (Å²) in [5.41, 5.74) is 0. The SMILES string of the molecule is C[N+](C)(C)CC[N+](C)(C)C1C2CC3CC(C2)CC1C3. The highest BCUT2D eigenvalue weighted by molar-refractivity contribution is 4.99. The molecular weight excluding hydrogens is 232 g/mol. The monoisotopic (exact) mass is 266 g/mol. The van der Waals surface area contributed by atoms with Gasteiger partial charge in [-0.25, -0.2) is 0 Å². The van der Waals surface area contributed by atoms with Crippen LogP contribution in [0.25, 0.3) is 0 Å². The molecule has 4 rings (SSSR count). The number of rotatable bonds is 4. The minimum Gasteiger partial charge on any atom is -0.326 e. The van der Waals surface area contributed by atoms with Crippen LogP contribution in [-0.2, 0) is 0 Å². The van der Waals surface area contributed by atoms with E-state index in [-0.39, 0.29) is 0 Å². The van der Waals surface area contributed by atoms with Crippen LogP contribution in [0.5, 0.6) is 0 Å². The van der Waals surface area contributed by atoms with Crippen LogP contribution in [-0.4, -0.2) is 63.3 Å². The lowest BCUT2D eigenvalue weighted by Gasteiger charge is -2.58. The molecule has 0 N–H and O–H groups in total. The number of quaternary nitrogens is 2. The van der Waals surface area contributed by atoms with E-state index in [0.717, 1.165) is 34.2 Å². The first kappa shape index (κ1) is 13.9. The summed E-state index contributed by atoms with van der Waals surface area (Å²) in [5, 5.41) is 0. The number of hydrogen-bond donors (Lipinski definition) is 0. The lowest BCUT2D eigenvalue weighted by atomic mass is 9.53. The Balaban J connectivity index is 1.70. The molecule has 4 aliphatic rings. The van der Waals surface area contributed by atoms with Crippen LogP contribution in [0.15, 0.2) is 0 Å². The van der Waals surface area contributed by atoms with Crippen molar-refractivity contribution in [2.24, 2.45) is 23.7 Å². The molecule has 0 spiro atoms. The highest BCUT2D eigenvalue weighted by atomic mass is 15.4. The predicted molar refractivity (Wildman–Crippen MR) is 80.7 cm³/mol. The largest absolute Gasteiger partial charge is 0.326 e. The van der Waals surface area contributed by atoms with Crippen LogP contribution >= 0.6 is 0 Å². The third-order valence-corrected chi connectivity index (χ3v) is 6.33. The van der Waals surface area contributed by atoms with E-state index in [1.807, 2.05) is 0 Å². The van der Waals surface area contributed by atoms with Crippen LogP contribution in [0.2, 0.25) is 0 Å². The van der Waals surface area contributed by atoms with Gasteiger partial charge in [0.25, 0.3) is 0 Å². The van der Waals surface area contributed by atoms with Crippen LogP contribution < -0.4 is 0 Å². The summed E-state index contributed by atoms with van der Waals surface area (Å²) in [6.07, 6.45) is 7.81. The maximum absolute atomic E-state index is 2.52. The molecule has 4 saturated carbocycles. The molecule has 0 radical (unpaired) electrons. The van der Waals surface area contributed by atoms with E-state index in [9.17, 15) is 0 Å². The molecule has 4 bridgehead atoms. The summed E-state index contributed by atoms with van der Waals surface area (Å²) >= 11 is 0. The first-order valence-corrected chi connectivity index (χ1v) is 8.38. The van der Waals surface area contributed by atoms with Gasteiger partial charge in [-0.2, -0.15) is 0 Å². The first-order valence-electron chi connectivity index (χ1n) is 8.38. The lowest BCUT2D eigenvalue weighted by Crippen LogP contribution is -2.64. The third-order valence-electron chi connectivity index (χ3n) is 6.33. The van der Waals surface area contributed by atoms with Crippen molar-refractivity contribution >= 4 is 0 Å². The quantitative estimate of drug-likeness (QED) is 0.686. The van der Waals surface area contributed by atoms with E-state index in [4.69, 9.17) is 0 Å². The Bertz CT molecular complexity index is 312. The molecule has 0 heterocycles. The van der Waals surface area contributed by atoms with Crippen LogP contribution in [0.4, 0.5) is 0 Å². The molecule has 4 fully saturated rings. The standard InChI is InChI=1S/C17H34N2/c1-18(2,3)6-7-19(4,5)17-15-9-13-8-14(11-15)12-16(17)10-13/h13-17H,6-12H2,1-5H3/q+2. The Morgan fingerprint density at radius 3 is 1.58 bits per heavy atom. The van der Waals surface area contributed by atoms with E-state index in [0.29, 0.717) is 0 Å². The van der Waals surface area contributed by atoms with Crippen molar-refractivity contribution in [3.8, 4) is 0 Å². The van der Waals surface area contributed by atoms with E-state index in [1.165, 1.54) is 17.6 Å². The highest BCUT2D eigenvalue weighted by Gasteiger charge is 2.54. The van der Waals surface area contributed by atoms with Gasteiger partial charge in [0.15, 0.2) is 0 Å². The average molecular weight is 266 g/mol. The molecule has 0 aromatic rings. The Morgan fingerprint density at radius 2 is 1.16 bits per heavy atom.